The van der Waals surface area contributed by atoms with Gasteiger partial charge in [-0.3, -0.25) is 14.2 Å². The molecule has 5 rings (SSSR count). The number of hydrogen-bond acceptors (Lipinski definition) is 3. The average Bonchev–Trinajstić information content (AvgIpc) is 2.83. The number of nitrogens with one attached hydrogen (secondary N) is 1. The molecule has 0 saturated carbocycles. The maximum absolute atomic E-state index is 13.5. The molecule has 5 nitrogen and oxygen atoms in total. The van der Waals surface area contributed by atoms with E-state index in [1.54, 1.807) is 34.9 Å². The van der Waals surface area contributed by atoms with Gasteiger partial charge in [0.05, 0.1) is 16.6 Å². The van der Waals surface area contributed by atoms with E-state index in [0.29, 0.717) is 28.1 Å². The van der Waals surface area contributed by atoms with Crippen molar-refractivity contribution in [3.8, 4) is 5.69 Å². The first-order valence-electron chi connectivity index (χ1n) is 10.7. The zero-order valence-electron chi connectivity index (χ0n) is 18.0. The molecule has 0 bridgehead atoms. The quantitative estimate of drug-likeness (QED) is 0.399. The van der Waals surface area contributed by atoms with E-state index in [9.17, 15) is 9.59 Å². The highest BCUT2D eigenvalue weighted by molar-refractivity contribution is 5.93. The lowest BCUT2D eigenvalue weighted by atomic mass is 10.0. The third-order valence-electron chi connectivity index (χ3n) is 5.48. The Labute approximate surface area is 190 Å². The molecule has 5 aromatic rings. The highest BCUT2D eigenvalue weighted by Gasteiger charge is 2.11. The molecule has 5 heteroatoms. The predicted molar refractivity (Wildman–Crippen MR) is 135 cm³/mol. The summed E-state index contributed by atoms with van der Waals surface area (Å²) in [6.45, 7) is 1.46. The van der Waals surface area contributed by atoms with Crippen LogP contribution in [0.2, 0.25) is 0 Å². The van der Waals surface area contributed by atoms with E-state index in [-0.39, 0.29) is 11.5 Å². The minimum Gasteiger partial charge on any atom is -0.326 e. The smallest absolute Gasteiger partial charge is 0.266 e. The molecule has 4 aromatic carbocycles. The Bertz CT molecular complexity index is 1580. The van der Waals surface area contributed by atoms with Crippen molar-refractivity contribution >= 4 is 45.4 Å². The van der Waals surface area contributed by atoms with E-state index >= 15 is 0 Å². The summed E-state index contributed by atoms with van der Waals surface area (Å²) in [4.78, 5) is 29.6. The van der Waals surface area contributed by atoms with Crippen molar-refractivity contribution in [3.05, 3.63) is 113 Å². The van der Waals surface area contributed by atoms with Crippen molar-refractivity contribution in [2.45, 2.75) is 6.92 Å². The van der Waals surface area contributed by atoms with Crippen LogP contribution in [0.5, 0.6) is 0 Å². The summed E-state index contributed by atoms with van der Waals surface area (Å²) in [7, 11) is 0. The Morgan fingerprint density at radius 1 is 0.818 bits per heavy atom. The van der Waals surface area contributed by atoms with E-state index in [1.165, 1.54) is 6.92 Å². The van der Waals surface area contributed by atoms with E-state index in [2.05, 4.69) is 23.5 Å². The van der Waals surface area contributed by atoms with Crippen LogP contribution in [-0.4, -0.2) is 15.5 Å². The predicted octanol–water partition coefficient (Wildman–Crippen LogP) is 5.67. The first-order valence-corrected chi connectivity index (χ1v) is 10.7. The second-order valence-corrected chi connectivity index (χ2v) is 7.76. The topological polar surface area (TPSA) is 64.0 Å². The van der Waals surface area contributed by atoms with Crippen LogP contribution in [0.25, 0.3) is 39.5 Å². The fourth-order valence-corrected chi connectivity index (χ4v) is 3.97. The van der Waals surface area contributed by atoms with Crippen LogP contribution in [0.15, 0.2) is 95.8 Å². The highest BCUT2D eigenvalue weighted by Crippen LogP contribution is 2.22. The number of fused-ring (bicyclic) bond motifs is 2. The van der Waals surface area contributed by atoms with Crippen molar-refractivity contribution in [3.63, 3.8) is 0 Å². The van der Waals surface area contributed by atoms with Gasteiger partial charge >= 0.3 is 0 Å². The summed E-state index contributed by atoms with van der Waals surface area (Å²) in [5.74, 6) is 0.380. The maximum Gasteiger partial charge on any atom is 0.266 e. The maximum atomic E-state index is 13.5. The zero-order chi connectivity index (χ0) is 22.8. The number of benzene rings is 4. The molecular weight excluding hydrogens is 410 g/mol. The van der Waals surface area contributed by atoms with Crippen molar-refractivity contribution in [2.75, 3.05) is 5.32 Å². The average molecular weight is 431 g/mol. The van der Waals surface area contributed by atoms with Crippen LogP contribution in [-0.2, 0) is 4.79 Å². The first kappa shape index (κ1) is 20.4. The SMILES string of the molecule is CC(=O)Nc1ccc(-n2c(/C=C/c3cccc4ccccc34)nc3ccccc3c2=O)cc1. The normalized spacial score (nSPS) is 11.3. The lowest BCUT2D eigenvalue weighted by Gasteiger charge is -2.12. The number of aromatic nitrogens is 2. The van der Waals surface area contributed by atoms with Gasteiger partial charge in [-0.1, -0.05) is 60.7 Å². The number of carbonyl (C=O) groups is 1. The number of amides is 1. The molecule has 0 aliphatic heterocycles. The first-order chi connectivity index (χ1) is 16.1. The summed E-state index contributed by atoms with van der Waals surface area (Å²) >= 11 is 0. The molecule has 0 aliphatic carbocycles. The molecule has 1 amide bonds. The van der Waals surface area contributed by atoms with Gasteiger partial charge < -0.3 is 5.32 Å². The Morgan fingerprint density at radius 3 is 2.30 bits per heavy atom. The van der Waals surface area contributed by atoms with E-state index in [1.807, 2.05) is 54.6 Å². The third-order valence-corrected chi connectivity index (χ3v) is 5.48. The van der Waals surface area contributed by atoms with Gasteiger partial charge in [0.2, 0.25) is 5.91 Å². The molecule has 0 spiro atoms. The second kappa shape index (κ2) is 8.55. The molecule has 0 fully saturated rings. The largest absolute Gasteiger partial charge is 0.326 e. The number of carbonyl (C=O) groups excluding carboxylic acids is 1. The Morgan fingerprint density at radius 2 is 1.52 bits per heavy atom. The van der Waals surface area contributed by atoms with Gasteiger partial charge in [-0.25, -0.2) is 4.98 Å². The summed E-state index contributed by atoms with van der Waals surface area (Å²) in [5.41, 5.74) is 2.88. The zero-order valence-corrected chi connectivity index (χ0v) is 18.0. The van der Waals surface area contributed by atoms with Crippen molar-refractivity contribution in [1.82, 2.24) is 9.55 Å². The van der Waals surface area contributed by atoms with Crippen LogP contribution in [0.3, 0.4) is 0 Å². The van der Waals surface area contributed by atoms with Gasteiger partial charge in [0.1, 0.15) is 5.82 Å². The molecule has 0 aliphatic rings. The van der Waals surface area contributed by atoms with Crippen LogP contribution < -0.4 is 10.9 Å². The number of hydrogen-bond donors (Lipinski definition) is 1. The van der Waals surface area contributed by atoms with Crippen molar-refractivity contribution < 1.29 is 4.79 Å². The molecular formula is C28H21N3O2. The standard InChI is InChI=1S/C28H21N3O2/c1-19(32)29-22-14-16-23(17-15-22)31-27(30-26-12-5-4-11-25(26)28(31)33)18-13-21-9-6-8-20-7-2-3-10-24(20)21/h2-18H,1H3,(H,29,32)/b18-13+. The Balaban J connectivity index is 1.67. The van der Waals surface area contributed by atoms with Gasteiger partial charge in [-0.2, -0.15) is 0 Å². The van der Waals surface area contributed by atoms with Crippen LogP contribution in [0.1, 0.15) is 18.3 Å². The summed E-state index contributed by atoms with van der Waals surface area (Å²) in [6.07, 6.45) is 3.86. The molecule has 33 heavy (non-hydrogen) atoms. The number of rotatable bonds is 4. The fraction of sp³-hybridized carbons (Fsp3) is 0.0357. The van der Waals surface area contributed by atoms with E-state index < -0.39 is 0 Å². The monoisotopic (exact) mass is 431 g/mol. The Kier molecular flexibility index (Phi) is 5.29. The number of para-hydroxylation sites is 1. The van der Waals surface area contributed by atoms with E-state index in [4.69, 9.17) is 4.98 Å². The summed E-state index contributed by atoms with van der Waals surface area (Å²) in [6, 6.07) is 28.8. The lowest BCUT2D eigenvalue weighted by Crippen LogP contribution is -2.22. The van der Waals surface area contributed by atoms with E-state index in [0.717, 1.165) is 16.3 Å². The van der Waals surface area contributed by atoms with Crippen LogP contribution in [0.4, 0.5) is 5.69 Å². The van der Waals surface area contributed by atoms with Crippen molar-refractivity contribution in [2.24, 2.45) is 0 Å². The molecule has 0 unspecified atom stereocenters. The minimum absolute atomic E-state index is 0.147. The molecule has 160 valence electrons. The molecule has 1 aromatic heterocycles. The lowest BCUT2D eigenvalue weighted by molar-refractivity contribution is -0.114. The molecule has 1 N–H and O–H groups in total. The third kappa shape index (κ3) is 4.04. The van der Waals surface area contributed by atoms with Gasteiger partial charge in [0.15, 0.2) is 0 Å². The van der Waals surface area contributed by atoms with Gasteiger partial charge in [-0.15, -0.1) is 0 Å². The molecule has 0 radical (unpaired) electrons. The second-order valence-electron chi connectivity index (χ2n) is 7.76. The van der Waals surface area contributed by atoms with Crippen LogP contribution >= 0.6 is 0 Å². The minimum atomic E-state index is -0.148. The fourth-order valence-electron chi connectivity index (χ4n) is 3.97. The number of anilines is 1. The van der Waals surface area contributed by atoms with Crippen molar-refractivity contribution in [1.29, 1.82) is 0 Å². The van der Waals surface area contributed by atoms with Gasteiger partial charge in [0, 0.05) is 12.6 Å². The summed E-state index contributed by atoms with van der Waals surface area (Å²) in [5, 5.41) is 5.58. The summed E-state index contributed by atoms with van der Waals surface area (Å²) < 4.78 is 1.60. The highest BCUT2D eigenvalue weighted by atomic mass is 16.1. The molecule has 1 heterocycles. The number of nitrogens with zero attached hydrogens (tertiary/aromatic N) is 2. The molecule has 0 saturated heterocycles. The Hall–Kier alpha value is -4.51. The van der Waals surface area contributed by atoms with Gasteiger partial charge in [0.25, 0.3) is 5.56 Å². The van der Waals surface area contributed by atoms with Crippen LogP contribution in [0, 0.1) is 0 Å². The molecule has 0 atom stereocenters. The van der Waals surface area contributed by atoms with Gasteiger partial charge in [-0.05, 0) is 58.8 Å².